The largest absolute Gasteiger partial charge is 0.488 e. The second-order valence-electron chi connectivity index (χ2n) is 5.65. The van der Waals surface area contributed by atoms with Crippen molar-refractivity contribution in [3.8, 4) is 11.5 Å². The van der Waals surface area contributed by atoms with Gasteiger partial charge in [-0.15, -0.1) is 0 Å². The topological polar surface area (TPSA) is 80.1 Å². The maximum absolute atomic E-state index is 5.83. The smallest absolute Gasteiger partial charge is 0.212 e. The molecule has 1 aromatic rings. The first-order valence-electron chi connectivity index (χ1n) is 9.14. The van der Waals surface area contributed by atoms with Crippen LogP contribution in [0, 0.1) is 0 Å². The molecule has 0 unspecified atom stereocenters. The molecule has 1 heterocycles. The number of methoxy groups -OCH3 is 1. The molecule has 0 atom stereocenters. The molecule has 0 N–H and O–H groups in total. The molecule has 8 heteroatoms. The first kappa shape index (κ1) is 21.9. The second-order valence-corrected chi connectivity index (χ2v) is 5.65. The molecule has 0 radical (unpaired) electrons. The van der Waals surface area contributed by atoms with E-state index >= 15 is 0 Å². The van der Waals surface area contributed by atoms with Gasteiger partial charge in [0.05, 0.1) is 32.9 Å². The highest BCUT2D eigenvalue weighted by atomic mass is 16.7. The summed E-state index contributed by atoms with van der Waals surface area (Å²) in [5, 5.41) is 0. The van der Waals surface area contributed by atoms with Gasteiger partial charge in [-0.1, -0.05) is 18.7 Å². The summed E-state index contributed by atoms with van der Waals surface area (Å²) in [5.74, 6) is 1.74. The monoisotopic (exact) mass is 392 g/mol. The van der Waals surface area contributed by atoms with Crippen LogP contribution in [0.4, 0.5) is 0 Å². The van der Waals surface area contributed by atoms with Crippen LogP contribution in [0.2, 0.25) is 0 Å². The fourth-order valence-electron chi connectivity index (χ4n) is 2.24. The molecule has 0 saturated heterocycles. The normalized spacial score (nSPS) is 17.1. The lowest BCUT2D eigenvalue weighted by molar-refractivity contribution is 0.0261. The zero-order valence-electron chi connectivity index (χ0n) is 16.3. The lowest BCUT2D eigenvalue weighted by Gasteiger charge is -2.13. The Morgan fingerprint density at radius 3 is 2.75 bits per heavy atom. The average molecular weight is 392 g/mol. The van der Waals surface area contributed by atoms with Crippen LogP contribution in [0.25, 0.3) is 6.08 Å². The minimum Gasteiger partial charge on any atom is -0.488 e. The number of hydrogen-bond acceptors (Lipinski definition) is 8. The summed E-state index contributed by atoms with van der Waals surface area (Å²) in [6, 6.07) is 5.66. The summed E-state index contributed by atoms with van der Waals surface area (Å²) < 4.78 is 33.0. The van der Waals surface area contributed by atoms with Crippen LogP contribution in [0.15, 0.2) is 34.8 Å². The van der Waals surface area contributed by atoms with E-state index in [2.05, 4.69) is 16.6 Å². The third-order valence-electron chi connectivity index (χ3n) is 3.58. The van der Waals surface area contributed by atoms with Crippen molar-refractivity contribution in [3.05, 3.63) is 30.3 Å². The van der Waals surface area contributed by atoms with Gasteiger partial charge in [0.1, 0.15) is 19.8 Å². The van der Waals surface area contributed by atoms with Crippen LogP contribution in [-0.2, 0) is 18.9 Å². The van der Waals surface area contributed by atoms with Gasteiger partial charge in [0, 0.05) is 13.3 Å². The van der Waals surface area contributed by atoms with Gasteiger partial charge in [-0.2, -0.15) is 0 Å². The van der Waals surface area contributed by atoms with Gasteiger partial charge in [0.15, 0.2) is 18.3 Å². The Bertz CT molecular complexity index is 648. The minimum absolute atomic E-state index is 0.108. The number of hydrogen-bond donors (Lipinski definition) is 0. The predicted molar refractivity (Wildman–Crippen MR) is 108 cm³/mol. The van der Waals surface area contributed by atoms with Crippen LogP contribution in [-0.4, -0.2) is 78.7 Å². The van der Waals surface area contributed by atoms with E-state index in [1.807, 2.05) is 18.2 Å². The Morgan fingerprint density at radius 2 is 1.89 bits per heavy atom. The maximum Gasteiger partial charge on any atom is 0.212 e. The van der Waals surface area contributed by atoms with Crippen LogP contribution in [0.5, 0.6) is 11.5 Å². The van der Waals surface area contributed by atoms with Gasteiger partial charge in [-0.25, -0.2) is 4.99 Å². The Labute approximate surface area is 165 Å². The van der Waals surface area contributed by atoms with E-state index in [1.165, 1.54) is 0 Å². The van der Waals surface area contributed by atoms with Gasteiger partial charge in [0.25, 0.3) is 0 Å². The number of fused-ring (bicyclic) bond motifs is 1. The number of rotatable bonds is 3. The highest BCUT2D eigenvalue weighted by Gasteiger charge is 2.07. The number of benzene rings is 1. The molecule has 0 spiro atoms. The van der Waals surface area contributed by atoms with Crippen molar-refractivity contribution in [3.63, 3.8) is 0 Å². The Kier molecular flexibility index (Phi) is 10.7. The lowest BCUT2D eigenvalue weighted by Crippen LogP contribution is -2.18. The van der Waals surface area contributed by atoms with Crippen molar-refractivity contribution in [1.29, 1.82) is 0 Å². The molecule has 0 amide bonds. The van der Waals surface area contributed by atoms with E-state index in [9.17, 15) is 0 Å². The zero-order chi connectivity index (χ0) is 19.9. The van der Waals surface area contributed by atoms with E-state index in [4.69, 9.17) is 28.4 Å². The van der Waals surface area contributed by atoms with E-state index in [1.54, 1.807) is 19.4 Å². The summed E-state index contributed by atoms with van der Waals surface area (Å²) in [4.78, 5) is 8.64. The van der Waals surface area contributed by atoms with E-state index < -0.39 is 0 Å². The average Bonchev–Trinajstić information content (AvgIpc) is 2.72. The Hall–Kier alpha value is -2.42. The molecule has 0 fully saturated rings. The molecule has 0 aliphatic carbocycles. The molecule has 1 aromatic carbocycles. The molecular formula is C20H28N2O6. The standard InChI is InChI=1S/C20H28N2O6/c1-3-17-4-5-18-19(14-17)27-10-7-21-6-9-24-12-13-25-15-20(28-16-23-2)22-8-11-26-18/h3-6,14H,1,7-13,15-16H2,2H3. The summed E-state index contributed by atoms with van der Waals surface area (Å²) in [6.07, 6.45) is 3.48. The molecule has 154 valence electrons. The van der Waals surface area contributed by atoms with Crippen molar-refractivity contribution < 1.29 is 28.4 Å². The quantitative estimate of drug-likeness (QED) is 0.734. The molecule has 0 saturated carbocycles. The van der Waals surface area contributed by atoms with Gasteiger partial charge in [0.2, 0.25) is 5.90 Å². The highest BCUT2D eigenvalue weighted by Crippen LogP contribution is 2.28. The maximum atomic E-state index is 5.83. The Morgan fingerprint density at radius 1 is 1.07 bits per heavy atom. The number of aliphatic imine (C=N–C) groups is 2. The lowest BCUT2D eigenvalue weighted by atomic mass is 10.2. The third-order valence-corrected chi connectivity index (χ3v) is 3.58. The molecule has 0 bridgehead atoms. The van der Waals surface area contributed by atoms with Crippen molar-refractivity contribution in [2.75, 3.05) is 66.6 Å². The molecule has 8 nitrogen and oxygen atoms in total. The first-order chi connectivity index (χ1) is 13.8. The minimum atomic E-state index is 0.108. The van der Waals surface area contributed by atoms with Crippen LogP contribution in [0.3, 0.4) is 0 Å². The fourth-order valence-corrected chi connectivity index (χ4v) is 2.24. The summed E-state index contributed by atoms with van der Waals surface area (Å²) in [5.41, 5.74) is 0.951. The van der Waals surface area contributed by atoms with Crippen molar-refractivity contribution in [2.24, 2.45) is 9.98 Å². The van der Waals surface area contributed by atoms with E-state index in [0.717, 1.165) is 5.56 Å². The molecule has 1 aliphatic rings. The van der Waals surface area contributed by atoms with Crippen LogP contribution in [0.1, 0.15) is 5.56 Å². The Balaban J connectivity index is 2.04. The summed E-state index contributed by atoms with van der Waals surface area (Å²) >= 11 is 0. The fraction of sp³-hybridized carbons (Fsp3) is 0.500. The first-order valence-corrected chi connectivity index (χ1v) is 9.14. The zero-order valence-corrected chi connectivity index (χ0v) is 16.3. The highest BCUT2D eigenvalue weighted by molar-refractivity contribution is 5.77. The SMILES string of the molecule is C=Cc1ccc2c(c1)OCCN=CCOCCOCC(OCOC)=NCCO2. The second kappa shape index (κ2) is 13.7. The number of nitrogens with zero attached hydrogens (tertiary/aromatic N) is 2. The number of ether oxygens (including phenoxy) is 6. The van der Waals surface area contributed by atoms with Gasteiger partial charge in [-0.3, -0.25) is 4.99 Å². The van der Waals surface area contributed by atoms with Crippen molar-refractivity contribution in [1.82, 2.24) is 0 Å². The molecule has 1 aliphatic heterocycles. The molecule has 28 heavy (non-hydrogen) atoms. The summed E-state index contributed by atoms with van der Waals surface area (Å²) in [7, 11) is 1.55. The molecule has 0 aromatic heterocycles. The van der Waals surface area contributed by atoms with Crippen LogP contribution >= 0.6 is 0 Å². The van der Waals surface area contributed by atoms with Gasteiger partial charge >= 0.3 is 0 Å². The van der Waals surface area contributed by atoms with Crippen LogP contribution < -0.4 is 9.47 Å². The van der Waals surface area contributed by atoms with Gasteiger partial charge < -0.3 is 28.4 Å². The molecule has 2 rings (SSSR count). The van der Waals surface area contributed by atoms with Gasteiger partial charge in [-0.05, 0) is 17.7 Å². The third kappa shape index (κ3) is 8.51. The molecular weight excluding hydrogens is 364 g/mol. The predicted octanol–water partition coefficient (Wildman–Crippen LogP) is 2.22. The summed E-state index contributed by atoms with van der Waals surface area (Å²) in [6.45, 7) is 7.19. The van der Waals surface area contributed by atoms with E-state index in [0.29, 0.717) is 63.5 Å². The van der Waals surface area contributed by atoms with Crippen molar-refractivity contribution in [2.45, 2.75) is 0 Å². The van der Waals surface area contributed by atoms with Crippen molar-refractivity contribution >= 4 is 18.2 Å². The van der Waals surface area contributed by atoms with E-state index in [-0.39, 0.29) is 13.4 Å².